The van der Waals surface area contributed by atoms with E-state index in [9.17, 15) is 26.7 Å². The fraction of sp³-hybridized carbons (Fsp3) is 0.125. The van der Waals surface area contributed by atoms with Gasteiger partial charge in [-0.05, 0) is 42.3 Å². The van der Waals surface area contributed by atoms with Gasteiger partial charge in [0.25, 0.3) is 0 Å². The molecule has 0 unspecified atom stereocenters. The van der Waals surface area contributed by atoms with Gasteiger partial charge >= 0.3 is 26.3 Å². The summed E-state index contributed by atoms with van der Waals surface area (Å²) in [4.78, 5) is 12.8. The summed E-state index contributed by atoms with van der Waals surface area (Å²) in [5.41, 5.74) is 1.98. The molecule has 0 aromatic heterocycles. The maximum absolute atomic E-state index is 12.8. The molecule has 36 heavy (non-hydrogen) atoms. The van der Waals surface area contributed by atoms with Crippen molar-refractivity contribution in [2.45, 2.75) is 13.3 Å². The van der Waals surface area contributed by atoms with E-state index in [1.807, 2.05) is 4.72 Å². The fourth-order valence-electron chi connectivity index (χ4n) is 3.60. The predicted octanol–water partition coefficient (Wildman–Crippen LogP) is 3.15. The quantitative estimate of drug-likeness (QED) is 0.270. The summed E-state index contributed by atoms with van der Waals surface area (Å²) in [7, 11) is -7.94. The average molecular weight is 531 g/mol. The van der Waals surface area contributed by atoms with Crippen LogP contribution in [0, 0.1) is 6.92 Å². The summed E-state index contributed by atoms with van der Waals surface area (Å²) in [5, 5.41) is 9.70. The van der Waals surface area contributed by atoms with Gasteiger partial charge in [-0.25, -0.2) is 13.8 Å². The molecule has 3 aromatic carbocycles. The predicted molar refractivity (Wildman–Crippen MR) is 133 cm³/mol. The van der Waals surface area contributed by atoms with Crippen molar-refractivity contribution < 1.29 is 35.7 Å². The number of nitrogens with zero attached hydrogens (tertiary/aromatic N) is 1. The van der Waals surface area contributed by atoms with E-state index in [0.717, 1.165) is 16.8 Å². The molecule has 10 nitrogen and oxygen atoms in total. The molecule has 2 N–H and O–H groups in total. The SMILES string of the molecule is Cc1cccc(Cc2ccc(N3C=C(O)NS3(=O)=O)c(OC(=O)c3ccccc3)c2)c1OS(C)(=O)=O. The maximum atomic E-state index is 12.8. The number of hydrogen-bond acceptors (Lipinski definition) is 8. The second-order valence-electron chi connectivity index (χ2n) is 8.00. The first-order valence-corrected chi connectivity index (χ1v) is 13.8. The lowest BCUT2D eigenvalue weighted by atomic mass is 10.0. The topological polar surface area (TPSA) is 139 Å². The number of carbonyl (C=O) groups excluding carboxylic acids is 1. The van der Waals surface area contributed by atoms with Crippen molar-refractivity contribution in [2.75, 3.05) is 10.6 Å². The van der Waals surface area contributed by atoms with Crippen LogP contribution < -0.4 is 17.9 Å². The fourth-order valence-corrected chi connectivity index (χ4v) is 5.20. The molecule has 3 aromatic rings. The summed E-state index contributed by atoms with van der Waals surface area (Å²) in [6, 6.07) is 17.8. The Kier molecular flexibility index (Phi) is 6.65. The summed E-state index contributed by atoms with van der Waals surface area (Å²) in [6.07, 6.45) is 2.09. The molecule has 0 amide bonds. The zero-order valence-corrected chi connectivity index (χ0v) is 20.8. The summed E-state index contributed by atoms with van der Waals surface area (Å²) in [5.74, 6) is -1.22. The van der Waals surface area contributed by atoms with Crippen LogP contribution in [-0.4, -0.2) is 34.2 Å². The standard InChI is InChI=1S/C24H22N2O8S2/c1-16-7-6-10-19(23(16)34-35(2,29)30)13-17-11-12-20(26-15-22(27)25-36(26,31)32)21(14-17)33-24(28)18-8-4-3-5-9-18/h3-12,14-15,25,27H,13H2,1-2H3. The monoisotopic (exact) mass is 530 g/mol. The Morgan fingerprint density at radius 1 is 1.06 bits per heavy atom. The molecule has 0 bridgehead atoms. The molecule has 188 valence electrons. The third-order valence-corrected chi connectivity index (χ3v) is 6.89. The zero-order valence-electron chi connectivity index (χ0n) is 19.2. The molecule has 12 heteroatoms. The average Bonchev–Trinajstić information content (AvgIpc) is 3.08. The Morgan fingerprint density at radius 2 is 1.78 bits per heavy atom. The number of aliphatic hydroxyl groups excluding tert-OH is 1. The van der Waals surface area contributed by atoms with E-state index >= 15 is 0 Å². The van der Waals surface area contributed by atoms with Crippen LogP contribution in [0.2, 0.25) is 0 Å². The highest BCUT2D eigenvalue weighted by atomic mass is 32.2. The van der Waals surface area contributed by atoms with E-state index < -0.39 is 32.2 Å². The molecule has 0 atom stereocenters. The van der Waals surface area contributed by atoms with Crippen molar-refractivity contribution in [1.29, 1.82) is 0 Å². The Labute approximate surface area is 208 Å². The highest BCUT2D eigenvalue weighted by Gasteiger charge is 2.31. The van der Waals surface area contributed by atoms with Crippen LogP contribution in [0.25, 0.3) is 0 Å². The minimum absolute atomic E-state index is 0.0172. The summed E-state index contributed by atoms with van der Waals surface area (Å²) in [6.45, 7) is 1.71. The number of rotatable bonds is 7. The first kappa shape index (κ1) is 25.1. The smallest absolute Gasteiger partial charge is 0.343 e. The lowest BCUT2D eigenvalue weighted by molar-refractivity contribution is 0.0735. The normalized spacial score (nSPS) is 14.6. The Balaban J connectivity index is 1.76. The number of hydrogen-bond donors (Lipinski definition) is 2. The first-order chi connectivity index (χ1) is 16.9. The van der Waals surface area contributed by atoms with Crippen LogP contribution >= 0.6 is 0 Å². The van der Waals surface area contributed by atoms with Crippen LogP contribution in [0.5, 0.6) is 11.5 Å². The number of nitrogens with one attached hydrogen (secondary N) is 1. The zero-order chi connectivity index (χ0) is 26.1. The number of benzene rings is 3. The van der Waals surface area contributed by atoms with Crippen LogP contribution in [0.4, 0.5) is 5.69 Å². The summed E-state index contributed by atoms with van der Waals surface area (Å²) >= 11 is 0. The minimum atomic E-state index is -4.15. The largest absolute Gasteiger partial charge is 0.493 e. The molecule has 1 aliphatic heterocycles. The number of aryl methyl sites for hydroxylation is 1. The molecule has 0 fully saturated rings. The van der Waals surface area contributed by atoms with Gasteiger partial charge in [0.05, 0.1) is 18.0 Å². The van der Waals surface area contributed by atoms with Gasteiger partial charge in [-0.1, -0.05) is 42.5 Å². The van der Waals surface area contributed by atoms with Crippen LogP contribution in [0.3, 0.4) is 0 Å². The van der Waals surface area contributed by atoms with E-state index in [0.29, 0.717) is 16.7 Å². The van der Waals surface area contributed by atoms with Crippen LogP contribution in [0.15, 0.2) is 78.8 Å². The third-order valence-electron chi connectivity index (χ3n) is 5.13. The number of aliphatic hydroxyl groups is 1. The molecule has 0 spiro atoms. The van der Waals surface area contributed by atoms with E-state index in [2.05, 4.69) is 0 Å². The molecule has 0 saturated heterocycles. The number of ether oxygens (including phenoxy) is 1. The number of carbonyl (C=O) groups is 1. The second-order valence-corrected chi connectivity index (χ2v) is 11.1. The highest BCUT2D eigenvalue weighted by Crippen LogP contribution is 2.36. The molecule has 0 saturated carbocycles. The van der Waals surface area contributed by atoms with Gasteiger partial charge in [-0.3, -0.25) is 0 Å². The van der Waals surface area contributed by atoms with Gasteiger partial charge in [0.1, 0.15) is 11.4 Å². The minimum Gasteiger partial charge on any atom is -0.493 e. The number of para-hydroxylation sites is 1. The highest BCUT2D eigenvalue weighted by molar-refractivity contribution is 7.91. The van der Waals surface area contributed by atoms with Gasteiger partial charge in [0.2, 0.25) is 5.88 Å². The van der Waals surface area contributed by atoms with Crippen LogP contribution in [0.1, 0.15) is 27.0 Å². The Morgan fingerprint density at radius 3 is 2.42 bits per heavy atom. The number of anilines is 1. The van der Waals surface area contributed by atoms with Crippen molar-refractivity contribution in [2.24, 2.45) is 0 Å². The Bertz CT molecular complexity index is 1570. The molecule has 1 aliphatic rings. The second kappa shape index (κ2) is 9.55. The molecular weight excluding hydrogens is 508 g/mol. The van der Waals surface area contributed by atoms with Crippen molar-refractivity contribution in [3.05, 3.63) is 101 Å². The van der Waals surface area contributed by atoms with Crippen molar-refractivity contribution in [3.8, 4) is 11.5 Å². The molecule has 1 heterocycles. The number of esters is 1. The van der Waals surface area contributed by atoms with E-state index in [4.69, 9.17) is 8.92 Å². The van der Waals surface area contributed by atoms with Gasteiger partial charge < -0.3 is 14.0 Å². The lowest BCUT2D eigenvalue weighted by Crippen LogP contribution is -2.30. The van der Waals surface area contributed by atoms with E-state index in [1.165, 1.54) is 12.1 Å². The van der Waals surface area contributed by atoms with Crippen LogP contribution in [-0.2, 0) is 26.7 Å². The molecule has 4 rings (SSSR count). The third kappa shape index (κ3) is 5.61. The van der Waals surface area contributed by atoms with Gasteiger partial charge in [-0.15, -0.1) is 0 Å². The lowest BCUT2D eigenvalue weighted by Gasteiger charge is -2.19. The van der Waals surface area contributed by atoms with Gasteiger partial charge in [0.15, 0.2) is 5.75 Å². The van der Waals surface area contributed by atoms with Crippen molar-refractivity contribution in [1.82, 2.24) is 4.72 Å². The van der Waals surface area contributed by atoms with Gasteiger partial charge in [-0.2, -0.15) is 16.8 Å². The van der Waals surface area contributed by atoms with Gasteiger partial charge in [0, 0.05) is 12.0 Å². The Hall–Kier alpha value is -4.03. The summed E-state index contributed by atoms with van der Waals surface area (Å²) < 4.78 is 61.9. The van der Waals surface area contributed by atoms with E-state index in [-0.39, 0.29) is 29.2 Å². The van der Waals surface area contributed by atoms with E-state index in [1.54, 1.807) is 61.5 Å². The van der Waals surface area contributed by atoms with Crippen molar-refractivity contribution >= 4 is 32.0 Å². The first-order valence-electron chi connectivity index (χ1n) is 10.5. The molecular formula is C24H22N2O8S2. The maximum Gasteiger partial charge on any atom is 0.343 e. The molecule has 0 radical (unpaired) electrons. The van der Waals surface area contributed by atoms with Crippen molar-refractivity contribution in [3.63, 3.8) is 0 Å². The molecule has 0 aliphatic carbocycles.